The van der Waals surface area contributed by atoms with E-state index in [0.717, 1.165) is 0 Å². The maximum Gasteiger partial charge on any atom is 0.347 e. The van der Waals surface area contributed by atoms with E-state index >= 15 is 0 Å². The van der Waals surface area contributed by atoms with Gasteiger partial charge in [-0.2, -0.15) is 0 Å². The third kappa shape index (κ3) is 3.80. The van der Waals surface area contributed by atoms with Crippen LogP contribution in [-0.4, -0.2) is 28.6 Å². The smallest absolute Gasteiger partial charge is 0.347 e. The molecule has 1 aromatic carbocycles. The Hall–Kier alpha value is -2.67. The predicted molar refractivity (Wildman–Crippen MR) is 88.1 cm³/mol. The highest BCUT2D eigenvalue weighted by Crippen LogP contribution is 2.42. The number of benzene rings is 1. The molecule has 0 fully saturated rings. The summed E-state index contributed by atoms with van der Waals surface area (Å²) in [6, 6.07) is 7.58. The van der Waals surface area contributed by atoms with Crippen LogP contribution in [0.15, 0.2) is 36.5 Å². The minimum atomic E-state index is -0.980. The van der Waals surface area contributed by atoms with Crippen LogP contribution in [0.2, 0.25) is 5.02 Å². The fourth-order valence-electron chi connectivity index (χ4n) is 2.06. The number of halogens is 1. The van der Waals surface area contributed by atoms with E-state index in [1.54, 1.807) is 25.1 Å². The molecule has 2 rings (SSSR count). The second-order valence-electron chi connectivity index (χ2n) is 4.75. The first-order chi connectivity index (χ1) is 11.5. The van der Waals surface area contributed by atoms with Gasteiger partial charge in [-0.25, -0.2) is 4.79 Å². The van der Waals surface area contributed by atoms with Crippen LogP contribution < -0.4 is 4.74 Å². The molecule has 0 N–H and O–H groups in total. The van der Waals surface area contributed by atoms with E-state index < -0.39 is 17.0 Å². The lowest BCUT2D eigenvalue weighted by atomic mass is 10.1. The van der Waals surface area contributed by atoms with E-state index in [1.807, 2.05) is 0 Å². The number of nitro groups is 1. The van der Waals surface area contributed by atoms with Crippen molar-refractivity contribution in [3.63, 3.8) is 0 Å². The predicted octanol–water partition coefficient (Wildman–Crippen LogP) is 3.64. The molecular weight excluding hydrogens is 336 g/mol. The van der Waals surface area contributed by atoms with Crippen molar-refractivity contribution < 1.29 is 19.2 Å². The number of nitro benzene ring substituents is 1. The third-order valence-corrected chi connectivity index (χ3v) is 3.42. The summed E-state index contributed by atoms with van der Waals surface area (Å²) in [6.07, 6.45) is 0.519. The van der Waals surface area contributed by atoms with Gasteiger partial charge in [-0.15, -0.1) is 0 Å². The topological polar surface area (TPSA) is 91.6 Å². The van der Waals surface area contributed by atoms with Gasteiger partial charge in [-0.3, -0.25) is 15.1 Å². The Bertz CT molecular complexity index is 752. The Morgan fingerprint density at radius 1 is 1.38 bits per heavy atom. The van der Waals surface area contributed by atoms with Gasteiger partial charge < -0.3 is 9.47 Å². The van der Waals surface area contributed by atoms with Crippen LogP contribution >= 0.6 is 11.6 Å². The van der Waals surface area contributed by atoms with Crippen LogP contribution in [0.4, 0.5) is 5.69 Å². The lowest BCUT2D eigenvalue weighted by molar-refractivity contribution is -0.384. The van der Waals surface area contributed by atoms with E-state index in [9.17, 15) is 14.9 Å². The summed E-state index contributed by atoms with van der Waals surface area (Å²) in [6.45, 7) is 3.35. The van der Waals surface area contributed by atoms with Crippen molar-refractivity contribution in [2.75, 3.05) is 6.61 Å². The van der Waals surface area contributed by atoms with Crippen LogP contribution in [0.1, 0.15) is 13.8 Å². The summed E-state index contributed by atoms with van der Waals surface area (Å²) < 4.78 is 10.5. The fourth-order valence-corrected chi connectivity index (χ4v) is 2.26. The Kier molecular flexibility index (Phi) is 5.70. The van der Waals surface area contributed by atoms with Gasteiger partial charge in [0.05, 0.1) is 22.2 Å². The number of rotatable bonds is 6. The minimum absolute atomic E-state index is 0.0186. The summed E-state index contributed by atoms with van der Waals surface area (Å²) in [5, 5.41) is 11.5. The molecule has 7 nitrogen and oxygen atoms in total. The number of hydrogen-bond acceptors (Lipinski definition) is 6. The summed E-state index contributed by atoms with van der Waals surface area (Å²) in [7, 11) is 0. The highest BCUT2D eigenvalue weighted by Gasteiger charge is 2.27. The number of hydrogen-bond donors (Lipinski definition) is 0. The normalized spacial score (nSPS) is 11.6. The maximum atomic E-state index is 11.8. The molecule has 1 aromatic heterocycles. The van der Waals surface area contributed by atoms with Gasteiger partial charge in [-0.1, -0.05) is 17.7 Å². The standard InChI is InChI=1S/C16H15ClN2O5/c1-3-23-16(20)10(2)24-15-11(17)7-8-13(19(21)22)14(15)12-6-4-5-9-18-12/h4-10H,3H2,1-2H3. The van der Waals surface area contributed by atoms with Gasteiger partial charge in [-0.05, 0) is 32.0 Å². The number of carbonyl (C=O) groups is 1. The quantitative estimate of drug-likeness (QED) is 0.448. The second-order valence-corrected chi connectivity index (χ2v) is 5.16. The molecule has 0 aliphatic rings. The maximum absolute atomic E-state index is 11.8. The van der Waals surface area contributed by atoms with Gasteiger partial charge in [0.1, 0.15) is 5.56 Å². The molecule has 1 heterocycles. The summed E-state index contributed by atoms with van der Waals surface area (Å²) in [4.78, 5) is 26.7. The lowest BCUT2D eigenvalue weighted by Gasteiger charge is -2.17. The van der Waals surface area contributed by atoms with Gasteiger partial charge >= 0.3 is 5.97 Å². The van der Waals surface area contributed by atoms with Crippen LogP contribution in [0.25, 0.3) is 11.3 Å². The minimum Gasteiger partial charge on any atom is -0.476 e. The number of carbonyl (C=O) groups excluding carboxylic acids is 1. The van der Waals surface area contributed by atoms with Crippen molar-refractivity contribution in [2.24, 2.45) is 0 Å². The molecule has 0 saturated carbocycles. The zero-order valence-electron chi connectivity index (χ0n) is 13.1. The van der Waals surface area contributed by atoms with Crippen molar-refractivity contribution in [3.8, 4) is 17.0 Å². The molecule has 126 valence electrons. The number of aromatic nitrogens is 1. The molecule has 0 amide bonds. The van der Waals surface area contributed by atoms with Crippen molar-refractivity contribution in [2.45, 2.75) is 20.0 Å². The van der Waals surface area contributed by atoms with Crippen molar-refractivity contribution in [3.05, 3.63) is 51.7 Å². The summed E-state index contributed by atoms with van der Waals surface area (Å²) in [5.41, 5.74) is 0.214. The van der Waals surface area contributed by atoms with Crippen molar-refractivity contribution in [1.29, 1.82) is 0 Å². The van der Waals surface area contributed by atoms with Crippen molar-refractivity contribution in [1.82, 2.24) is 4.98 Å². The number of pyridine rings is 1. The van der Waals surface area contributed by atoms with Crippen LogP contribution in [0, 0.1) is 10.1 Å². The molecule has 0 spiro atoms. The SMILES string of the molecule is CCOC(=O)C(C)Oc1c(Cl)ccc([N+](=O)[O-])c1-c1ccccn1. The van der Waals surface area contributed by atoms with Gasteiger partial charge in [0.25, 0.3) is 5.69 Å². The molecule has 1 unspecified atom stereocenters. The molecule has 1 atom stereocenters. The number of esters is 1. The average Bonchev–Trinajstić information content (AvgIpc) is 2.57. The average molecular weight is 351 g/mol. The first-order valence-corrected chi connectivity index (χ1v) is 7.55. The van der Waals surface area contributed by atoms with Crippen LogP contribution in [0.5, 0.6) is 5.75 Å². The molecule has 0 radical (unpaired) electrons. The molecular formula is C16H15ClN2O5. The molecule has 2 aromatic rings. The van der Waals surface area contributed by atoms with Crippen LogP contribution in [0.3, 0.4) is 0 Å². The van der Waals surface area contributed by atoms with E-state index in [2.05, 4.69) is 4.98 Å². The highest BCUT2D eigenvalue weighted by molar-refractivity contribution is 6.32. The van der Waals surface area contributed by atoms with Crippen molar-refractivity contribution >= 4 is 23.3 Å². The zero-order chi connectivity index (χ0) is 17.7. The van der Waals surface area contributed by atoms with Gasteiger partial charge in [0.2, 0.25) is 0 Å². The first kappa shape index (κ1) is 17.7. The third-order valence-electron chi connectivity index (χ3n) is 3.12. The monoisotopic (exact) mass is 350 g/mol. The zero-order valence-corrected chi connectivity index (χ0v) is 13.8. The van der Waals surface area contributed by atoms with Gasteiger partial charge in [0, 0.05) is 12.3 Å². The number of ether oxygens (including phenoxy) is 2. The Labute approximate surface area is 143 Å². The molecule has 24 heavy (non-hydrogen) atoms. The first-order valence-electron chi connectivity index (χ1n) is 7.17. The Morgan fingerprint density at radius 2 is 2.12 bits per heavy atom. The molecule has 0 aliphatic heterocycles. The Balaban J connectivity index is 2.55. The molecule has 8 heteroatoms. The van der Waals surface area contributed by atoms with E-state index in [1.165, 1.54) is 25.3 Å². The lowest BCUT2D eigenvalue weighted by Crippen LogP contribution is -2.26. The Morgan fingerprint density at radius 3 is 2.71 bits per heavy atom. The second kappa shape index (κ2) is 7.74. The van der Waals surface area contributed by atoms with E-state index in [-0.39, 0.29) is 28.6 Å². The fraction of sp³-hybridized carbons (Fsp3) is 0.250. The highest BCUT2D eigenvalue weighted by atomic mass is 35.5. The largest absolute Gasteiger partial charge is 0.476 e. The molecule has 0 bridgehead atoms. The van der Waals surface area contributed by atoms with Crippen LogP contribution in [-0.2, 0) is 9.53 Å². The number of nitrogens with zero attached hydrogens (tertiary/aromatic N) is 2. The summed E-state index contributed by atoms with van der Waals surface area (Å²) >= 11 is 6.15. The van der Waals surface area contributed by atoms with E-state index in [4.69, 9.17) is 21.1 Å². The molecule has 0 aliphatic carbocycles. The van der Waals surface area contributed by atoms with E-state index in [0.29, 0.717) is 5.69 Å². The van der Waals surface area contributed by atoms with Gasteiger partial charge in [0.15, 0.2) is 11.9 Å². The molecule has 0 saturated heterocycles. The summed E-state index contributed by atoms with van der Waals surface area (Å²) in [5.74, 6) is -0.572.